The van der Waals surface area contributed by atoms with Gasteiger partial charge in [0, 0.05) is 40.4 Å². The topological polar surface area (TPSA) is 65.6 Å². The normalized spacial score (nSPS) is 31.5. The fourth-order valence-electron chi connectivity index (χ4n) is 7.67. The summed E-state index contributed by atoms with van der Waals surface area (Å²) in [6, 6.07) is 12.4. The number of amides is 1. The fourth-order valence-corrected chi connectivity index (χ4v) is 7.67. The smallest absolute Gasteiger partial charge is 0.246 e. The SMILES string of the molecule is C/C=C/C(=O)N1CCC23c4c5ccc(O)c4O[C@H]2c2[nH]c4ccccc4c2[C@H](C)C3C1C5. The molecule has 1 saturated heterocycles. The number of H-pyrrole nitrogens is 1. The van der Waals surface area contributed by atoms with E-state index in [1.54, 1.807) is 12.1 Å². The van der Waals surface area contributed by atoms with Gasteiger partial charge in [0.1, 0.15) is 6.10 Å². The highest BCUT2D eigenvalue weighted by Gasteiger charge is 2.67. The number of phenols is 1. The summed E-state index contributed by atoms with van der Waals surface area (Å²) in [6.07, 6.45) is 5.00. The summed E-state index contributed by atoms with van der Waals surface area (Å²) < 4.78 is 6.66. The van der Waals surface area contributed by atoms with Crippen LogP contribution in [0.2, 0.25) is 0 Å². The van der Waals surface area contributed by atoms with Gasteiger partial charge < -0.3 is 19.7 Å². The highest BCUT2D eigenvalue weighted by Crippen LogP contribution is 2.70. The molecule has 4 aliphatic rings. The van der Waals surface area contributed by atoms with Crippen LogP contribution in [0.3, 0.4) is 0 Å². The average molecular weight is 427 g/mol. The Balaban J connectivity index is 1.53. The van der Waals surface area contributed by atoms with E-state index >= 15 is 0 Å². The molecule has 162 valence electrons. The summed E-state index contributed by atoms with van der Waals surface area (Å²) in [5.74, 6) is 1.47. The molecule has 1 spiro atoms. The maximum atomic E-state index is 13.1. The van der Waals surface area contributed by atoms with Gasteiger partial charge in [0.25, 0.3) is 0 Å². The number of aromatic hydroxyl groups is 1. The second-order valence-electron chi connectivity index (χ2n) is 9.85. The number of nitrogens with one attached hydrogen (secondary N) is 1. The number of aromatic nitrogens is 1. The number of piperidine rings is 1. The van der Waals surface area contributed by atoms with Crippen molar-refractivity contribution < 1.29 is 14.6 Å². The van der Waals surface area contributed by atoms with Crippen LogP contribution in [0.15, 0.2) is 48.6 Å². The Bertz CT molecular complexity index is 1340. The Hall–Kier alpha value is -3.21. The highest BCUT2D eigenvalue weighted by molar-refractivity contribution is 5.89. The molecule has 7 rings (SSSR count). The van der Waals surface area contributed by atoms with Gasteiger partial charge in [-0.25, -0.2) is 0 Å². The lowest BCUT2D eigenvalue weighted by Gasteiger charge is -2.59. The minimum Gasteiger partial charge on any atom is -0.504 e. The van der Waals surface area contributed by atoms with Crippen molar-refractivity contribution in [2.75, 3.05) is 6.54 Å². The zero-order valence-corrected chi connectivity index (χ0v) is 18.3. The van der Waals surface area contributed by atoms with Crippen LogP contribution in [0.4, 0.5) is 0 Å². The number of allylic oxidation sites excluding steroid dienone is 1. The van der Waals surface area contributed by atoms with E-state index in [2.05, 4.69) is 41.1 Å². The van der Waals surface area contributed by atoms with Crippen molar-refractivity contribution in [1.82, 2.24) is 9.88 Å². The molecule has 1 fully saturated rings. The van der Waals surface area contributed by atoms with Crippen molar-refractivity contribution in [3.8, 4) is 11.5 Å². The van der Waals surface area contributed by atoms with Crippen LogP contribution in [0, 0.1) is 5.92 Å². The van der Waals surface area contributed by atoms with Crippen LogP contribution in [0.5, 0.6) is 11.5 Å². The Morgan fingerprint density at radius 1 is 1.28 bits per heavy atom. The van der Waals surface area contributed by atoms with Gasteiger partial charge >= 0.3 is 0 Å². The van der Waals surface area contributed by atoms with Gasteiger partial charge in [-0.1, -0.05) is 37.3 Å². The maximum absolute atomic E-state index is 13.1. The van der Waals surface area contributed by atoms with Gasteiger partial charge in [-0.05, 0) is 55.0 Å². The molecule has 3 unspecified atom stereocenters. The molecule has 1 amide bonds. The first-order valence-corrected chi connectivity index (χ1v) is 11.6. The molecule has 2 bridgehead atoms. The maximum Gasteiger partial charge on any atom is 0.246 e. The van der Waals surface area contributed by atoms with Gasteiger partial charge in [-0.15, -0.1) is 0 Å². The van der Waals surface area contributed by atoms with E-state index in [1.165, 1.54) is 22.1 Å². The number of fused-ring (bicyclic) bond motifs is 4. The molecule has 32 heavy (non-hydrogen) atoms. The first-order chi connectivity index (χ1) is 15.6. The molecular formula is C27H26N2O3. The third-order valence-electron chi connectivity index (χ3n) is 8.62. The van der Waals surface area contributed by atoms with Gasteiger partial charge in [-0.3, -0.25) is 4.79 Å². The second kappa shape index (κ2) is 5.97. The highest BCUT2D eigenvalue weighted by atomic mass is 16.5. The Morgan fingerprint density at radius 3 is 2.97 bits per heavy atom. The van der Waals surface area contributed by atoms with Crippen LogP contribution in [0.1, 0.15) is 54.7 Å². The lowest BCUT2D eigenvalue weighted by molar-refractivity contribution is -0.137. The molecule has 5 nitrogen and oxygen atoms in total. The summed E-state index contributed by atoms with van der Waals surface area (Å²) in [5, 5.41) is 12.0. The Morgan fingerprint density at radius 2 is 2.12 bits per heavy atom. The minimum atomic E-state index is -0.230. The largest absolute Gasteiger partial charge is 0.504 e. The quantitative estimate of drug-likeness (QED) is 0.554. The lowest BCUT2D eigenvalue weighted by Crippen LogP contribution is -2.64. The molecule has 5 atom stereocenters. The lowest BCUT2D eigenvalue weighted by atomic mass is 9.49. The van der Waals surface area contributed by atoms with Crippen LogP contribution >= 0.6 is 0 Å². The number of para-hydroxylation sites is 1. The summed E-state index contributed by atoms with van der Waals surface area (Å²) in [5.41, 5.74) is 5.76. The van der Waals surface area contributed by atoms with Crippen LogP contribution in [-0.4, -0.2) is 33.5 Å². The van der Waals surface area contributed by atoms with E-state index in [4.69, 9.17) is 4.74 Å². The molecule has 5 heteroatoms. The van der Waals surface area contributed by atoms with Gasteiger partial charge in [0.15, 0.2) is 11.5 Å². The standard InChI is InChI=1S/C27H26N2O3/c1-3-6-20(31)29-12-11-27-22-14(2)21-16-7-4-5-8-17(16)28-24(21)26(27)32-25-19(30)10-9-15(23(25)27)13-18(22)29/h3-10,14,18,22,26,28,30H,11-13H2,1-2H3/b6-3+/t14-,18?,22?,26-,27?/m0/s1. The number of hydrogen-bond donors (Lipinski definition) is 2. The zero-order valence-electron chi connectivity index (χ0n) is 18.3. The van der Waals surface area contributed by atoms with E-state index in [1.807, 2.05) is 19.1 Å². The Labute approximate surface area is 186 Å². The third-order valence-corrected chi connectivity index (χ3v) is 8.62. The molecule has 2 aromatic carbocycles. The molecule has 2 N–H and O–H groups in total. The molecule has 0 saturated carbocycles. The third kappa shape index (κ3) is 1.94. The van der Waals surface area contributed by atoms with E-state index in [-0.39, 0.29) is 41.1 Å². The number of ether oxygens (including phenoxy) is 1. The summed E-state index contributed by atoms with van der Waals surface area (Å²) in [7, 11) is 0. The van der Waals surface area contributed by atoms with Crippen molar-refractivity contribution in [3.63, 3.8) is 0 Å². The number of carbonyl (C=O) groups excluding carboxylic acids is 1. The van der Waals surface area contributed by atoms with Crippen molar-refractivity contribution >= 4 is 16.8 Å². The van der Waals surface area contributed by atoms with Gasteiger partial charge in [-0.2, -0.15) is 0 Å². The summed E-state index contributed by atoms with van der Waals surface area (Å²) in [6.45, 7) is 4.93. The number of likely N-dealkylation sites (tertiary alicyclic amines) is 1. The minimum absolute atomic E-state index is 0.0993. The van der Waals surface area contributed by atoms with E-state index < -0.39 is 0 Å². The molecule has 2 aliphatic heterocycles. The molecule has 1 aromatic heterocycles. The Kier molecular flexibility index (Phi) is 3.43. The number of hydrogen-bond acceptors (Lipinski definition) is 3. The molecule has 0 radical (unpaired) electrons. The summed E-state index contributed by atoms with van der Waals surface area (Å²) >= 11 is 0. The number of phenolic OH excluding ortho intramolecular Hbond substituents is 1. The molecule has 2 aliphatic carbocycles. The second-order valence-corrected chi connectivity index (χ2v) is 9.85. The average Bonchev–Trinajstić information content (AvgIpc) is 3.33. The van der Waals surface area contributed by atoms with E-state index in [0.717, 1.165) is 24.1 Å². The van der Waals surface area contributed by atoms with Crippen molar-refractivity contribution in [3.05, 3.63) is 70.9 Å². The molecular weight excluding hydrogens is 400 g/mol. The van der Waals surface area contributed by atoms with Gasteiger partial charge in [0.2, 0.25) is 5.91 Å². The van der Waals surface area contributed by atoms with Crippen molar-refractivity contribution in [2.45, 2.75) is 50.2 Å². The monoisotopic (exact) mass is 426 g/mol. The first-order valence-electron chi connectivity index (χ1n) is 11.6. The number of aromatic amines is 1. The number of benzene rings is 2. The van der Waals surface area contributed by atoms with Crippen LogP contribution in [0.25, 0.3) is 10.9 Å². The van der Waals surface area contributed by atoms with Crippen molar-refractivity contribution in [1.29, 1.82) is 0 Å². The van der Waals surface area contributed by atoms with Crippen molar-refractivity contribution in [2.24, 2.45) is 5.92 Å². The number of rotatable bonds is 1. The fraction of sp³-hybridized carbons (Fsp3) is 0.370. The van der Waals surface area contributed by atoms with Crippen LogP contribution in [-0.2, 0) is 16.6 Å². The number of carbonyl (C=O) groups is 1. The first kappa shape index (κ1) is 18.4. The van der Waals surface area contributed by atoms with Crippen LogP contribution < -0.4 is 4.74 Å². The van der Waals surface area contributed by atoms with E-state index in [0.29, 0.717) is 12.3 Å². The predicted octanol–water partition coefficient (Wildman–Crippen LogP) is 4.71. The molecule has 3 heterocycles. The molecule has 3 aromatic rings. The summed E-state index contributed by atoms with van der Waals surface area (Å²) in [4.78, 5) is 18.9. The predicted molar refractivity (Wildman–Crippen MR) is 122 cm³/mol. The van der Waals surface area contributed by atoms with Gasteiger partial charge in [0.05, 0.1) is 5.69 Å². The zero-order chi connectivity index (χ0) is 21.8. The van der Waals surface area contributed by atoms with E-state index in [9.17, 15) is 9.90 Å². The number of nitrogens with zero attached hydrogens (tertiary/aromatic N) is 1.